The number of imidazole rings is 1. The molecule has 7 nitrogen and oxygen atoms in total. The molecular formula is C29H35F4N7. The molecule has 1 aromatic carbocycles. The van der Waals surface area contributed by atoms with Gasteiger partial charge in [-0.3, -0.25) is 0 Å². The highest BCUT2D eigenvalue weighted by Gasteiger charge is 2.35. The van der Waals surface area contributed by atoms with E-state index in [4.69, 9.17) is 10.7 Å². The summed E-state index contributed by atoms with van der Waals surface area (Å²) in [5, 5.41) is 9.52. The predicted octanol–water partition coefficient (Wildman–Crippen LogP) is 6.80. The van der Waals surface area contributed by atoms with Gasteiger partial charge in [0, 0.05) is 37.3 Å². The summed E-state index contributed by atoms with van der Waals surface area (Å²) >= 11 is 0. The number of alkyl halides is 3. The zero-order valence-corrected chi connectivity index (χ0v) is 23.0. The zero-order chi connectivity index (χ0) is 29.0. The van der Waals surface area contributed by atoms with Gasteiger partial charge in [0.25, 0.3) is 0 Å². The van der Waals surface area contributed by atoms with Gasteiger partial charge in [-0.1, -0.05) is 33.6 Å². The first-order valence-corrected chi connectivity index (χ1v) is 13.7. The van der Waals surface area contributed by atoms with E-state index in [0.717, 1.165) is 37.2 Å². The Balaban J connectivity index is 1.57. The molecule has 214 valence electrons. The standard InChI is InChI=1S/C29H35F4N7/c1-18(2)19(3)6-4-5-11-40-16-25(21-7-8-24(30)23(14-21)29(31,32)33)38-27(40)20-9-12-39(13-10-20)28-22(15-34)26(35)36-17-37-28/h7-8,14,16-20H,4-6,9-13H2,1-3H3,(H2,35,36,37). The monoisotopic (exact) mass is 557 g/mol. The number of benzene rings is 1. The van der Waals surface area contributed by atoms with Crippen LogP contribution < -0.4 is 10.6 Å². The van der Waals surface area contributed by atoms with Crippen LogP contribution in [0, 0.1) is 29.0 Å². The highest BCUT2D eigenvalue weighted by Crippen LogP contribution is 2.36. The lowest BCUT2D eigenvalue weighted by Crippen LogP contribution is -2.35. The summed E-state index contributed by atoms with van der Waals surface area (Å²) in [7, 11) is 0. The molecule has 1 unspecified atom stereocenters. The molecule has 0 bridgehead atoms. The Morgan fingerprint density at radius 3 is 2.50 bits per heavy atom. The van der Waals surface area contributed by atoms with E-state index in [-0.39, 0.29) is 22.9 Å². The number of anilines is 2. The van der Waals surface area contributed by atoms with Crippen LogP contribution in [0.4, 0.5) is 29.2 Å². The van der Waals surface area contributed by atoms with Gasteiger partial charge in [0.15, 0.2) is 5.82 Å². The first kappa shape index (κ1) is 29.3. The molecule has 1 saturated heterocycles. The molecule has 3 heterocycles. The van der Waals surface area contributed by atoms with Gasteiger partial charge < -0.3 is 15.2 Å². The number of nitrogen functional groups attached to an aromatic ring is 1. The van der Waals surface area contributed by atoms with E-state index in [2.05, 4.69) is 41.4 Å². The van der Waals surface area contributed by atoms with E-state index < -0.39 is 17.6 Å². The number of hydrogen-bond donors (Lipinski definition) is 1. The van der Waals surface area contributed by atoms with Gasteiger partial charge in [-0.05, 0) is 49.3 Å². The highest BCUT2D eigenvalue weighted by molar-refractivity contribution is 5.63. The number of aromatic nitrogens is 4. The molecule has 0 spiro atoms. The third-order valence-electron chi connectivity index (χ3n) is 7.95. The maximum Gasteiger partial charge on any atom is 0.419 e. The van der Waals surface area contributed by atoms with E-state index >= 15 is 0 Å². The van der Waals surface area contributed by atoms with Crippen molar-refractivity contribution in [3.05, 3.63) is 53.5 Å². The quantitative estimate of drug-likeness (QED) is 0.230. The first-order valence-electron chi connectivity index (χ1n) is 13.7. The summed E-state index contributed by atoms with van der Waals surface area (Å²) in [6.07, 6.45) is 2.82. The summed E-state index contributed by atoms with van der Waals surface area (Å²) in [5.74, 6) is 1.43. The van der Waals surface area contributed by atoms with Crippen molar-refractivity contribution in [2.75, 3.05) is 23.7 Å². The number of rotatable bonds is 9. The second-order valence-electron chi connectivity index (χ2n) is 10.9. The van der Waals surface area contributed by atoms with Gasteiger partial charge in [-0.15, -0.1) is 0 Å². The number of hydrogen-bond acceptors (Lipinski definition) is 6. The van der Waals surface area contributed by atoms with Crippen LogP contribution in [0.5, 0.6) is 0 Å². The third kappa shape index (κ3) is 6.54. The molecule has 2 N–H and O–H groups in total. The Kier molecular flexibility index (Phi) is 8.96. The van der Waals surface area contributed by atoms with Crippen molar-refractivity contribution in [2.45, 2.75) is 71.5 Å². The largest absolute Gasteiger partial charge is 0.419 e. The number of halogens is 4. The molecule has 1 atom stereocenters. The van der Waals surface area contributed by atoms with Crippen LogP contribution in [0.1, 0.15) is 75.7 Å². The van der Waals surface area contributed by atoms with Crippen LogP contribution in [0.3, 0.4) is 0 Å². The van der Waals surface area contributed by atoms with Gasteiger partial charge in [0.2, 0.25) is 0 Å². The summed E-state index contributed by atoms with van der Waals surface area (Å²) in [4.78, 5) is 15.0. The van der Waals surface area contributed by atoms with Crippen LogP contribution in [0.25, 0.3) is 11.3 Å². The Morgan fingerprint density at radius 1 is 1.12 bits per heavy atom. The van der Waals surface area contributed by atoms with Crippen LogP contribution in [0.15, 0.2) is 30.7 Å². The van der Waals surface area contributed by atoms with Gasteiger partial charge in [-0.2, -0.15) is 18.4 Å². The minimum atomic E-state index is -4.79. The Labute approximate surface area is 232 Å². The summed E-state index contributed by atoms with van der Waals surface area (Å²) in [5.41, 5.74) is 5.45. The number of piperidine rings is 1. The van der Waals surface area contributed by atoms with Gasteiger partial charge in [0.1, 0.15) is 35.4 Å². The van der Waals surface area contributed by atoms with Crippen molar-refractivity contribution in [2.24, 2.45) is 11.8 Å². The molecule has 1 fully saturated rings. The number of nitriles is 1. The normalized spacial score (nSPS) is 15.4. The molecule has 0 saturated carbocycles. The van der Waals surface area contributed by atoms with Crippen LogP contribution in [-0.2, 0) is 12.7 Å². The molecule has 11 heteroatoms. The van der Waals surface area contributed by atoms with Crippen molar-refractivity contribution in [3.8, 4) is 17.3 Å². The Bertz CT molecular complexity index is 1350. The Hall–Kier alpha value is -3.68. The molecule has 1 aliphatic rings. The van der Waals surface area contributed by atoms with Crippen LogP contribution in [-0.4, -0.2) is 32.6 Å². The molecular weight excluding hydrogens is 522 g/mol. The summed E-state index contributed by atoms with van der Waals surface area (Å²) < 4.78 is 56.2. The molecule has 0 amide bonds. The number of nitrogens with zero attached hydrogens (tertiary/aromatic N) is 6. The maximum atomic E-state index is 14.0. The lowest BCUT2D eigenvalue weighted by molar-refractivity contribution is -0.139. The first-order chi connectivity index (χ1) is 19.0. The summed E-state index contributed by atoms with van der Waals surface area (Å²) in [6, 6.07) is 5.11. The number of aryl methyl sites for hydroxylation is 1. The third-order valence-corrected chi connectivity index (χ3v) is 7.95. The van der Waals surface area contributed by atoms with Crippen molar-refractivity contribution >= 4 is 11.6 Å². The molecule has 40 heavy (non-hydrogen) atoms. The minimum absolute atomic E-state index is 0.0619. The smallest absolute Gasteiger partial charge is 0.382 e. The van der Waals surface area contributed by atoms with Gasteiger partial charge >= 0.3 is 6.18 Å². The fraction of sp³-hybridized carbons (Fsp3) is 0.517. The van der Waals surface area contributed by atoms with E-state index in [1.54, 1.807) is 6.20 Å². The molecule has 3 aromatic rings. The lowest BCUT2D eigenvalue weighted by Gasteiger charge is -2.33. The van der Waals surface area contributed by atoms with E-state index in [0.29, 0.717) is 55.8 Å². The van der Waals surface area contributed by atoms with Gasteiger partial charge in [0.05, 0.1) is 11.3 Å². The average molecular weight is 558 g/mol. The molecule has 0 radical (unpaired) electrons. The van der Waals surface area contributed by atoms with Crippen molar-refractivity contribution in [1.29, 1.82) is 5.26 Å². The molecule has 2 aromatic heterocycles. The van der Waals surface area contributed by atoms with Crippen molar-refractivity contribution in [3.63, 3.8) is 0 Å². The molecule has 1 aliphatic heterocycles. The molecule has 0 aliphatic carbocycles. The predicted molar refractivity (Wildman–Crippen MR) is 146 cm³/mol. The number of nitrogens with two attached hydrogens (primary N) is 1. The second-order valence-corrected chi connectivity index (χ2v) is 10.9. The fourth-order valence-corrected chi connectivity index (χ4v) is 5.14. The minimum Gasteiger partial charge on any atom is -0.382 e. The van der Waals surface area contributed by atoms with Crippen molar-refractivity contribution in [1.82, 2.24) is 19.5 Å². The maximum absolute atomic E-state index is 14.0. The van der Waals surface area contributed by atoms with Gasteiger partial charge in [-0.25, -0.2) is 19.3 Å². The van der Waals surface area contributed by atoms with Crippen molar-refractivity contribution < 1.29 is 17.6 Å². The Morgan fingerprint density at radius 2 is 1.85 bits per heavy atom. The average Bonchev–Trinajstić information content (AvgIpc) is 3.34. The van der Waals surface area contributed by atoms with E-state index in [1.165, 1.54) is 12.4 Å². The molecule has 4 rings (SSSR count). The van der Waals surface area contributed by atoms with E-state index in [1.807, 2.05) is 4.90 Å². The highest BCUT2D eigenvalue weighted by atomic mass is 19.4. The van der Waals surface area contributed by atoms with Crippen LogP contribution in [0.2, 0.25) is 0 Å². The lowest BCUT2D eigenvalue weighted by atomic mass is 9.92. The van der Waals surface area contributed by atoms with Crippen LogP contribution >= 0.6 is 0 Å². The number of unbranched alkanes of at least 4 members (excludes halogenated alkanes) is 1. The summed E-state index contributed by atoms with van der Waals surface area (Å²) in [6.45, 7) is 8.59. The fourth-order valence-electron chi connectivity index (χ4n) is 5.14. The zero-order valence-electron chi connectivity index (χ0n) is 23.0. The topological polar surface area (TPSA) is 96.7 Å². The van der Waals surface area contributed by atoms with E-state index in [9.17, 15) is 22.8 Å². The SMILES string of the molecule is CC(C)C(C)CCCCn1cc(-c2ccc(F)c(C(F)(F)F)c2)nc1C1CCN(c2ncnc(N)c2C#N)CC1. The second kappa shape index (κ2) is 12.2.